The molecule has 0 aliphatic rings. The van der Waals surface area contributed by atoms with Crippen LogP contribution in [0.25, 0.3) is 0 Å². The van der Waals surface area contributed by atoms with Gasteiger partial charge in [-0.2, -0.15) is 0 Å². The van der Waals surface area contributed by atoms with E-state index in [4.69, 9.17) is 21.1 Å². The van der Waals surface area contributed by atoms with Crippen LogP contribution in [-0.4, -0.2) is 85.6 Å². The Morgan fingerprint density at radius 2 is 1.45 bits per heavy atom. The Labute approximate surface area is 174 Å². The molecule has 0 bridgehead atoms. The molecule has 31 heavy (non-hydrogen) atoms. The second kappa shape index (κ2) is 11.9. The quantitative estimate of drug-likeness (QED) is 0.148. The first kappa shape index (κ1) is 25.0. The van der Waals surface area contributed by atoms with Gasteiger partial charge in [0.25, 0.3) is 0 Å². The van der Waals surface area contributed by atoms with E-state index in [-0.39, 0.29) is 6.42 Å². The van der Waals surface area contributed by atoms with Crippen molar-refractivity contribution in [1.29, 1.82) is 0 Å². The van der Waals surface area contributed by atoms with Crippen molar-refractivity contribution in [2.45, 2.75) is 37.4 Å². The Bertz CT molecular complexity index is 826. The molecule has 0 saturated carbocycles. The highest BCUT2D eigenvalue weighted by molar-refractivity contribution is 5.95. The fourth-order valence-corrected chi connectivity index (χ4v) is 2.38. The summed E-state index contributed by atoms with van der Waals surface area (Å²) in [6.45, 7) is -0.517. The molecule has 1 heterocycles. The van der Waals surface area contributed by atoms with Crippen LogP contribution in [0.4, 0.5) is 0 Å². The van der Waals surface area contributed by atoms with Crippen LogP contribution in [0, 0.1) is 0 Å². The van der Waals surface area contributed by atoms with E-state index < -0.39 is 73.1 Å². The van der Waals surface area contributed by atoms with Crippen LogP contribution in [0.2, 0.25) is 0 Å². The van der Waals surface area contributed by atoms with Crippen molar-refractivity contribution in [3.63, 3.8) is 0 Å². The third-order valence-electron chi connectivity index (χ3n) is 3.82. The highest BCUT2D eigenvalue weighted by Crippen LogP contribution is 2.03. The number of aliphatic carboxylic acids is 3. The van der Waals surface area contributed by atoms with E-state index in [1.807, 2.05) is 5.32 Å². The molecule has 0 radical (unpaired) electrons. The Balaban J connectivity index is 3.04. The van der Waals surface area contributed by atoms with E-state index in [0.29, 0.717) is 5.69 Å². The molecular formula is C16H22N6O9. The second-order valence-corrected chi connectivity index (χ2v) is 6.26. The molecule has 0 aliphatic heterocycles. The van der Waals surface area contributed by atoms with Crippen molar-refractivity contribution in [2.75, 3.05) is 6.54 Å². The summed E-state index contributed by atoms with van der Waals surface area (Å²) in [5, 5.41) is 33.2. The van der Waals surface area contributed by atoms with Crippen molar-refractivity contribution >= 4 is 35.6 Å². The Morgan fingerprint density at radius 3 is 1.94 bits per heavy atom. The summed E-state index contributed by atoms with van der Waals surface area (Å²) in [7, 11) is 0. The molecule has 1 aromatic rings. The lowest BCUT2D eigenvalue weighted by atomic mass is 10.1. The minimum atomic E-state index is -1.78. The Hall–Kier alpha value is -4.01. The fourth-order valence-electron chi connectivity index (χ4n) is 2.38. The smallest absolute Gasteiger partial charge is 0.326 e. The van der Waals surface area contributed by atoms with E-state index in [1.54, 1.807) is 0 Å². The zero-order valence-electron chi connectivity index (χ0n) is 16.0. The average molecular weight is 442 g/mol. The van der Waals surface area contributed by atoms with Crippen LogP contribution in [0.3, 0.4) is 0 Å². The van der Waals surface area contributed by atoms with Gasteiger partial charge in [0, 0.05) is 18.3 Å². The van der Waals surface area contributed by atoms with Gasteiger partial charge in [0.2, 0.25) is 17.7 Å². The van der Waals surface area contributed by atoms with Gasteiger partial charge in [0.15, 0.2) is 0 Å². The van der Waals surface area contributed by atoms with Crippen molar-refractivity contribution in [3.8, 4) is 0 Å². The minimum Gasteiger partial charge on any atom is -0.481 e. The van der Waals surface area contributed by atoms with Gasteiger partial charge in [0.05, 0.1) is 25.7 Å². The van der Waals surface area contributed by atoms with Gasteiger partial charge in [-0.3, -0.25) is 24.0 Å². The predicted octanol–water partition coefficient (Wildman–Crippen LogP) is -3.60. The molecule has 9 N–H and O–H groups in total. The maximum absolute atomic E-state index is 12.6. The van der Waals surface area contributed by atoms with Gasteiger partial charge in [-0.1, -0.05) is 0 Å². The highest BCUT2D eigenvalue weighted by atomic mass is 16.4. The summed E-state index contributed by atoms with van der Waals surface area (Å²) in [5.41, 5.74) is 5.50. The number of nitrogens with one attached hydrogen (secondary N) is 4. The zero-order valence-corrected chi connectivity index (χ0v) is 16.0. The van der Waals surface area contributed by atoms with Crippen LogP contribution in [0.1, 0.15) is 18.5 Å². The van der Waals surface area contributed by atoms with Gasteiger partial charge >= 0.3 is 17.9 Å². The third-order valence-corrected chi connectivity index (χ3v) is 3.82. The molecule has 0 fully saturated rings. The number of aromatic nitrogens is 2. The lowest BCUT2D eigenvalue weighted by Crippen LogP contribution is -2.57. The molecule has 0 spiro atoms. The number of nitrogens with two attached hydrogens (primary N) is 1. The van der Waals surface area contributed by atoms with E-state index in [0.717, 1.165) is 0 Å². The number of H-pyrrole nitrogens is 1. The lowest BCUT2D eigenvalue weighted by molar-refractivity contribution is -0.147. The van der Waals surface area contributed by atoms with Crippen molar-refractivity contribution < 1.29 is 44.1 Å². The summed E-state index contributed by atoms with van der Waals surface area (Å²) < 4.78 is 0. The van der Waals surface area contributed by atoms with E-state index in [1.165, 1.54) is 12.5 Å². The first-order chi connectivity index (χ1) is 14.5. The molecule has 1 rings (SSSR count). The van der Waals surface area contributed by atoms with E-state index in [2.05, 4.69) is 20.6 Å². The number of hydrogen-bond donors (Lipinski definition) is 8. The maximum atomic E-state index is 12.6. The van der Waals surface area contributed by atoms with Crippen LogP contribution < -0.4 is 21.7 Å². The normalized spacial score (nSPS) is 13.3. The number of carbonyl (C=O) groups is 6. The number of rotatable bonds is 13. The van der Waals surface area contributed by atoms with Crippen LogP contribution in [0.15, 0.2) is 12.5 Å². The van der Waals surface area contributed by atoms with Gasteiger partial charge in [-0.25, -0.2) is 9.78 Å². The summed E-state index contributed by atoms with van der Waals surface area (Å²) in [6, 6.07) is -4.80. The van der Waals surface area contributed by atoms with Crippen molar-refractivity contribution in [3.05, 3.63) is 18.2 Å². The molecule has 3 unspecified atom stereocenters. The summed E-state index contributed by atoms with van der Waals surface area (Å²) in [4.78, 5) is 76.1. The molecule has 3 amide bonds. The molecule has 0 saturated heterocycles. The maximum Gasteiger partial charge on any atom is 0.326 e. The van der Waals surface area contributed by atoms with E-state index >= 15 is 0 Å². The number of amides is 3. The Kier molecular flexibility index (Phi) is 9.58. The molecule has 15 heteroatoms. The largest absolute Gasteiger partial charge is 0.481 e. The number of carbonyl (C=O) groups excluding carboxylic acids is 3. The SMILES string of the molecule is NCC(=O)NC(CC(=O)O)C(=O)NC(Cc1cnc[nH]1)C(=O)NC(CC(=O)O)C(=O)O. The zero-order chi connectivity index (χ0) is 23.6. The Morgan fingerprint density at radius 1 is 0.903 bits per heavy atom. The number of nitrogens with zero attached hydrogens (tertiary/aromatic N) is 1. The van der Waals surface area contributed by atoms with Gasteiger partial charge in [-0.05, 0) is 0 Å². The third kappa shape index (κ3) is 8.90. The molecule has 170 valence electrons. The van der Waals surface area contributed by atoms with Crippen LogP contribution >= 0.6 is 0 Å². The number of hydrogen-bond acceptors (Lipinski definition) is 8. The molecule has 3 atom stereocenters. The first-order valence-electron chi connectivity index (χ1n) is 8.77. The van der Waals surface area contributed by atoms with Crippen LogP contribution in [-0.2, 0) is 35.2 Å². The average Bonchev–Trinajstić information content (AvgIpc) is 3.18. The molecule has 0 aromatic carbocycles. The molecule has 0 aliphatic carbocycles. The number of aromatic amines is 1. The second-order valence-electron chi connectivity index (χ2n) is 6.26. The molecular weight excluding hydrogens is 420 g/mol. The summed E-state index contributed by atoms with van der Waals surface area (Å²) in [5.74, 6) is -7.41. The standard InChI is InChI=1S/C16H22N6O9/c17-4-11(23)20-9(2-12(24)25)15(29)21-8(1-7-5-18-6-19-7)14(28)22-10(16(30)31)3-13(26)27/h5-6,8-10H,1-4,17H2,(H,18,19)(H,20,23)(H,21,29)(H,22,28)(H,24,25)(H,26,27)(H,30,31). The van der Waals surface area contributed by atoms with Gasteiger partial charge in [0.1, 0.15) is 18.1 Å². The van der Waals surface area contributed by atoms with Crippen molar-refractivity contribution in [2.24, 2.45) is 5.73 Å². The van der Waals surface area contributed by atoms with Crippen molar-refractivity contribution in [1.82, 2.24) is 25.9 Å². The predicted molar refractivity (Wildman–Crippen MR) is 99.3 cm³/mol. The number of carboxylic acid groups (broad SMARTS) is 3. The van der Waals surface area contributed by atoms with Gasteiger partial charge < -0.3 is 42.0 Å². The minimum absolute atomic E-state index is 0.221. The van der Waals surface area contributed by atoms with E-state index in [9.17, 15) is 28.8 Å². The first-order valence-corrected chi connectivity index (χ1v) is 8.77. The highest BCUT2D eigenvalue weighted by Gasteiger charge is 2.31. The molecule has 15 nitrogen and oxygen atoms in total. The van der Waals surface area contributed by atoms with Crippen LogP contribution in [0.5, 0.6) is 0 Å². The molecule has 1 aromatic heterocycles. The number of carboxylic acids is 3. The summed E-state index contributed by atoms with van der Waals surface area (Å²) >= 11 is 0. The summed E-state index contributed by atoms with van der Waals surface area (Å²) in [6.07, 6.45) is 0.656. The number of imidazole rings is 1. The van der Waals surface area contributed by atoms with Gasteiger partial charge in [-0.15, -0.1) is 0 Å². The fraction of sp³-hybridized carbons (Fsp3) is 0.438. The lowest BCUT2D eigenvalue weighted by Gasteiger charge is -2.23. The monoisotopic (exact) mass is 442 g/mol. The topological polar surface area (TPSA) is 254 Å².